The van der Waals surface area contributed by atoms with Gasteiger partial charge in [0.25, 0.3) is 0 Å². The molecular formula is C17H27FN2. The van der Waals surface area contributed by atoms with E-state index >= 15 is 0 Å². The van der Waals surface area contributed by atoms with Gasteiger partial charge in [-0.1, -0.05) is 27.2 Å². The highest BCUT2D eigenvalue weighted by atomic mass is 19.1. The topological polar surface area (TPSA) is 15.3 Å². The zero-order chi connectivity index (χ0) is 14.7. The standard InChI is InChI=1S/C17H27FN2/c1-5-6-15-11-20(17(10-19-15)12(2)3)16-8-7-14(18)9-13(16)4/h7-9,12,15,17,19H,5-6,10-11H2,1-4H3. The van der Waals surface area contributed by atoms with Gasteiger partial charge in [-0.2, -0.15) is 0 Å². The molecule has 2 nitrogen and oxygen atoms in total. The fraction of sp³-hybridized carbons (Fsp3) is 0.647. The maximum Gasteiger partial charge on any atom is 0.123 e. The van der Waals surface area contributed by atoms with Crippen LogP contribution in [0.3, 0.4) is 0 Å². The molecule has 2 rings (SSSR count). The van der Waals surface area contributed by atoms with Gasteiger partial charge in [0.2, 0.25) is 0 Å². The molecule has 1 fully saturated rings. The fourth-order valence-corrected chi connectivity index (χ4v) is 3.19. The summed E-state index contributed by atoms with van der Waals surface area (Å²) in [7, 11) is 0. The third kappa shape index (κ3) is 3.32. The second kappa shape index (κ2) is 6.57. The predicted octanol–water partition coefficient (Wildman–Crippen LogP) is 3.74. The summed E-state index contributed by atoms with van der Waals surface area (Å²) < 4.78 is 13.3. The average Bonchev–Trinajstić information content (AvgIpc) is 2.38. The Bertz CT molecular complexity index is 445. The highest BCUT2D eigenvalue weighted by molar-refractivity contribution is 5.55. The van der Waals surface area contributed by atoms with Crippen LogP contribution in [0.15, 0.2) is 18.2 Å². The molecule has 2 atom stereocenters. The van der Waals surface area contributed by atoms with E-state index in [9.17, 15) is 4.39 Å². The molecule has 0 radical (unpaired) electrons. The number of rotatable bonds is 4. The molecule has 1 aliphatic rings. The van der Waals surface area contributed by atoms with Crippen LogP contribution in [-0.2, 0) is 0 Å². The Kier molecular flexibility index (Phi) is 5.03. The first-order valence-corrected chi connectivity index (χ1v) is 7.79. The van der Waals surface area contributed by atoms with Crippen molar-refractivity contribution >= 4 is 5.69 Å². The van der Waals surface area contributed by atoms with Crippen molar-refractivity contribution in [1.29, 1.82) is 0 Å². The van der Waals surface area contributed by atoms with Crippen LogP contribution in [0.4, 0.5) is 10.1 Å². The first-order valence-electron chi connectivity index (χ1n) is 7.79. The van der Waals surface area contributed by atoms with Gasteiger partial charge >= 0.3 is 0 Å². The number of halogens is 1. The summed E-state index contributed by atoms with van der Waals surface area (Å²) in [6.07, 6.45) is 2.39. The highest BCUT2D eigenvalue weighted by Crippen LogP contribution is 2.28. The van der Waals surface area contributed by atoms with Crippen molar-refractivity contribution in [2.75, 3.05) is 18.0 Å². The van der Waals surface area contributed by atoms with E-state index in [0.717, 1.165) is 18.7 Å². The lowest BCUT2D eigenvalue weighted by molar-refractivity contribution is 0.327. The van der Waals surface area contributed by atoms with Crippen molar-refractivity contribution in [3.63, 3.8) is 0 Å². The zero-order valence-corrected chi connectivity index (χ0v) is 13.1. The van der Waals surface area contributed by atoms with Gasteiger partial charge in [-0.25, -0.2) is 4.39 Å². The van der Waals surface area contributed by atoms with Crippen molar-refractivity contribution in [1.82, 2.24) is 5.32 Å². The van der Waals surface area contributed by atoms with Gasteiger partial charge in [0.15, 0.2) is 0 Å². The SMILES string of the molecule is CCCC1CN(c2ccc(F)cc2C)C(C(C)C)CN1. The lowest BCUT2D eigenvalue weighted by Gasteiger charge is -2.44. The summed E-state index contributed by atoms with van der Waals surface area (Å²) in [5, 5.41) is 3.67. The van der Waals surface area contributed by atoms with Crippen molar-refractivity contribution in [3.05, 3.63) is 29.6 Å². The molecule has 1 saturated heterocycles. The van der Waals surface area contributed by atoms with Crippen LogP contribution in [-0.4, -0.2) is 25.2 Å². The molecule has 1 N–H and O–H groups in total. The number of nitrogens with zero attached hydrogens (tertiary/aromatic N) is 1. The van der Waals surface area contributed by atoms with Gasteiger partial charge in [0.05, 0.1) is 0 Å². The van der Waals surface area contributed by atoms with Crippen molar-refractivity contribution in [2.24, 2.45) is 5.92 Å². The monoisotopic (exact) mass is 278 g/mol. The molecule has 112 valence electrons. The van der Waals surface area contributed by atoms with Gasteiger partial charge < -0.3 is 10.2 Å². The van der Waals surface area contributed by atoms with E-state index in [1.54, 1.807) is 12.1 Å². The normalized spacial score (nSPS) is 23.4. The Balaban J connectivity index is 2.26. The van der Waals surface area contributed by atoms with Gasteiger partial charge in [0, 0.05) is 30.9 Å². The molecule has 20 heavy (non-hydrogen) atoms. The number of anilines is 1. The van der Waals surface area contributed by atoms with Crippen LogP contribution in [0.1, 0.15) is 39.2 Å². The summed E-state index contributed by atoms with van der Waals surface area (Å²) in [5.41, 5.74) is 2.22. The van der Waals surface area contributed by atoms with E-state index in [2.05, 4.69) is 31.0 Å². The van der Waals surface area contributed by atoms with Crippen molar-refractivity contribution in [2.45, 2.75) is 52.6 Å². The third-order valence-corrected chi connectivity index (χ3v) is 4.31. The largest absolute Gasteiger partial charge is 0.365 e. The molecule has 1 aromatic rings. The van der Waals surface area contributed by atoms with E-state index in [4.69, 9.17) is 0 Å². The second-order valence-electron chi connectivity index (χ2n) is 6.29. The first-order chi connectivity index (χ1) is 9.52. The Labute approximate surface area is 122 Å². The Hall–Kier alpha value is -1.09. The minimum absolute atomic E-state index is 0.146. The van der Waals surface area contributed by atoms with E-state index in [1.165, 1.54) is 18.5 Å². The van der Waals surface area contributed by atoms with E-state index < -0.39 is 0 Å². The molecule has 0 bridgehead atoms. The smallest absolute Gasteiger partial charge is 0.123 e. The van der Waals surface area contributed by atoms with Gasteiger partial charge in [0.1, 0.15) is 5.82 Å². The van der Waals surface area contributed by atoms with Gasteiger partial charge in [-0.15, -0.1) is 0 Å². The molecular weight excluding hydrogens is 251 g/mol. The number of benzene rings is 1. The summed E-state index contributed by atoms with van der Waals surface area (Å²) in [4.78, 5) is 2.48. The van der Waals surface area contributed by atoms with Crippen LogP contribution in [0.2, 0.25) is 0 Å². The van der Waals surface area contributed by atoms with Crippen LogP contribution in [0.5, 0.6) is 0 Å². The second-order valence-corrected chi connectivity index (χ2v) is 6.29. The Morgan fingerprint density at radius 2 is 2.15 bits per heavy atom. The van der Waals surface area contributed by atoms with E-state index in [1.807, 2.05) is 13.0 Å². The molecule has 2 unspecified atom stereocenters. The highest BCUT2D eigenvalue weighted by Gasteiger charge is 2.30. The minimum Gasteiger partial charge on any atom is -0.365 e. The molecule has 0 saturated carbocycles. The van der Waals surface area contributed by atoms with Crippen LogP contribution in [0, 0.1) is 18.7 Å². The maximum atomic E-state index is 13.3. The summed E-state index contributed by atoms with van der Waals surface area (Å²) in [5.74, 6) is 0.433. The molecule has 1 heterocycles. The average molecular weight is 278 g/mol. The number of aryl methyl sites for hydroxylation is 1. The molecule has 1 aromatic carbocycles. The first kappa shape index (κ1) is 15.3. The molecule has 0 amide bonds. The van der Waals surface area contributed by atoms with Crippen molar-refractivity contribution in [3.8, 4) is 0 Å². The quantitative estimate of drug-likeness (QED) is 0.902. The lowest BCUT2D eigenvalue weighted by atomic mass is 9.95. The predicted molar refractivity (Wildman–Crippen MR) is 83.8 cm³/mol. The number of hydrogen-bond donors (Lipinski definition) is 1. The van der Waals surface area contributed by atoms with Crippen molar-refractivity contribution < 1.29 is 4.39 Å². The van der Waals surface area contributed by atoms with Crippen LogP contribution < -0.4 is 10.2 Å². The molecule has 3 heteroatoms. The number of piperazine rings is 1. The van der Waals surface area contributed by atoms with Crippen LogP contribution in [0.25, 0.3) is 0 Å². The lowest BCUT2D eigenvalue weighted by Crippen LogP contribution is -2.58. The molecule has 0 spiro atoms. The van der Waals surface area contributed by atoms with Gasteiger partial charge in [-0.3, -0.25) is 0 Å². The fourth-order valence-electron chi connectivity index (χ4n) is 3.19. The molecule has 0 aliphatic carbocycles. The van der Waals surface area contributed by atoms with E-state index in [-0.39, 0.29) is 5.82 Å². The Morgan fingerprint density at radius 1 is 1.40 bits per heavy atom. The number of hydrogen-bond acceptors (Lipinski definition) is 2. The number of nitrogens with one attached hydrogen (secondary N) is 1. The van der Waals surface area contributed by atoms with E-state index in [0.29, 0.717) is 18.0 Å². The Morgan fingerprint density at radius 3 is 2.75 bits per heavy atom. The summed E-state index contributed by atoms with van der Waals surface area (Å²) >= 11 is 0. The summed E-state index contributed by atoms with van der Waals surface area (Å²) in [6.45, 7) is 10.8. The maximum absolute atomic E-state index is 13.3. The third-order valence-electron chi connectivity index (χ3n) is 4.31. The van der Waals surface area contributed by atoms with Gasteiger partial charge in [-0.05, 0) is 43.0 Å². The van der Waals surface area contributed by atoms with Crippen LogP contribution >= 0.6 is 0 Å². The summed E-state index contributed by atoms with van der Waals surface area (Å²) in [6, 6.07) is 6.18. The zero-order valence-electron chi connectivity index (χ0n) is 13.1. The molecule has 1 aliphatic heterocycles. The minimum atomic E-state index is -0.146. The molecule has 0 aromatic heterocycles.